The second-order valence-corrected chi connectivity index (χ2v) is 3.90. The van der Waals surface area contributed by atoms with Gasteiger partial charge >= 0.3 is 0 Å². The van der Waals surface area contributed by atoms with Crippen LogP contribution in [0.2, 0.25) is 5.02 Å². The van der Waals surface area contributed by atoms with Crippen molar-refractivity contribution >= 4 is 11.6 Å². The molecule has 5 heteroatoms. The molecule has 0 aliphatic rings. The fourth-order valence-corrected chi connectivity index (χ4v) is 1.78. The van der Waals surface area contributed by atoms with Gasteiger partial charge in [0.2, 0.25) is 0 Å². The van der Waals surface area contributed by atoms with Gasteiger partial charge in [-0.1, -0.05) is 18.5 Å². The minimum atomic E-state index is 0.0764. The molecule has 0 aromatic heterocycles. The maximum Gasteiger partial charge on any atom is 0.164 e. The fraction of sp³-hybridized carbons (Fsp3) is 0.455. The molecule has 1 aromatic carbocycles. The molecule has 0 saturated heterocycles. The average Bonchev–Trinajstić information content (AvgIpc) is 2.28. The largest absolute Gasteiger partial charge is 0.493 e. The van der Waals surface area contributed by atoms with E-state index >= 15 is 0 Å². The predicted octanol–water partition coefficient (Wildman–Crippen LogP) is 2.35. The molecule has 4 nitrogen and oxygen atoms in total. The lowest BCUT2D eigenvalue weighted by atomic mass is 10.0. The standard InChI is InChI=1S/C11H16ClNO3/c1-7(6-16-13)9-4-8(12)5-10(14-2)11(9)15-3/h4-5,7H,6,13H2,1-3H3. The van der Waals surface area contributed by atoms with Crippen molar-refractivity contribution in [2.24, 2.45) is 5.90 Å². The summed E-state index contributed by atoms with van der Waals surface area (Å²) < 4.78 is 10.5. The molecule has 0 aliphatic heterocycles. The third-order valence-corrected chi connectivity index (χ3v) is 2.57. The van der Waals surface area contributed by atoms with Crippen molar-refractivity contribution in [1.29, 1.82) is 0 Å². The number of rotatable bonds is 5. The minimum Gasteiger partial charge on any atom is -0.493 e. The summed E-state index contributed by atoms with van der Waals surface area (Å²) in [6.45, 7) is 2.36. The summed E-state index contributed by atoms with van der Waals surface area (Å²) in [5.74, 6) is 6.41. The number of ether oxygens (including phenoxy) is 2. The lowest BCUT2D eigenvalue weighted by Crippen LogP contribution is -2.10. The maximum atomic E-state index is 5.99. The second kappa shape index (κ2) is 5.94. The van der Waals surface area contributed by atoms with Crippen LogP contribution in [-0.2, 0) is 4.84 Å². The molecular weight excluding hydrogens is 230 g/mol. The first kappa shape index (κ1) is 13.1. The highest BCUT2D eigenvalue weighted by molar-refractivity contribution is 6.30. The molecular formula is C11H16ClNO3. The van der Waals surface area contributed by atoms with E-state index in [2.05, 4.69) is 4.84 Å². The van der Waals surface area contributed by atoms with E-state index in [1.54, 1.807) is 20.3 Å². The van der Waals surface area contributed by atoms with Crippen LogP contribution in [0.25, 0.3) is 0 Å². The number of halogens is 1. The van der Waals surface area contributed by atoms with E-state index in [9.17, 15) is 0 Å². The van der Waals surface area contributed by atoms with E-state index in [-0.39, 0.29) is 5.92 Å². The normalized spacial score (nSPS) is 12.3. The van der Waals surface area contributed by atoms with E-state index in [0.29, 0.717) is 23.1 Å². The molecule has 0 heterocycles. The van der Waals surface area contributed by atoms with Gasteiger partial charge in [0, 0.05) is 22.6 Å². The molecule has 0 saturated carbocycles. The molecule has 2 N–H and O–H groups in total. The number of hydrogen-bond donors (Lipinski definition) is 1. The third-order valence-electron chi connectivity index (χ3n) is 2.35. The van der Waals surface area contributed by atoms with Gasteiger partial charge < -0.3 is 14.3 Å². The first-order valence-corrected chi connectivity index (χ1v) is 5.25. The van der Waals surface area contributed by atoms with E-state index in [1.807, 2.05) is 13.0 Å². The van der Waals surface area contributed by atoms with Crippen LogP contribution in [0.15, 0.2) is 12.1 Å². The summed E-state index contributed by atoms with van der Waals surface area (Å²) in [6.07, 6.45) is 0. The van der Waals surface area contributed by atoms with Crippen LogP contribution >= 0.6 is 11.6 Å². The van der Waals surface area contributed by atoms with Gasteiger partial charge in [0.25, 0.3) is 0 Å². The van der Waals surface area contributed by atoms with Crippen molar-refractivity contribution in [2.45, 2.75) is 12.8 Å². The van der Waals surface area contributed by atoms with E-state index in [1.165, 1.54) is 0 Å². The zero-order chi connectivity index (χ0) is 12.1. The maximum absolute atomic E-state index is 5.99. The number of nitrogens with two attached hydrogens (primary N) is 1. The van der Waals surface area contributed by atoms with Crippen LogP contribution in [-0.4, -0.2) is 20.8 Å². The van der Waals surface area contributed by atoms with Gasteiger partial charge in [-0.05, 0) is 6.07 Å². The molecule has 0 bridgehead atoms. The van der Waals surface area contributed by atoms with Crippen LogP contribution in [0.5, 0.6) is 11.5 Å². The third kappa shape index (κ3) is 2.78. The average molecular weight is 246 g/mol. The van der Waals surface area contributed by atoms with Gasteiger partial charge in [-0.2, -0.15) is 0 Å². The molecule has 0 aliphatic carbocycles. The van der Waals surface area contributed by atoms with Gasteiger partial charge in [0.15, 0.2) is 11.5 Å². The van der Waals surface area contributed by atoms with Crippen molar-refractivity contribution in [3.8, 4) is 11.5 Å². The van der Waals surface area contributed by atoms with Gasteiger partial charge in [-0.25, -0.2) is 5.90 Å². The van der Waals surface area contributed by atoms with Crippen LogP contribution in [0, 0.1) is 0 Å². The van der Waals surface area contributed by atoms with Crippen molar-refractivity contribution in [3.63, 3.8) is 0 Å². The van der Waals surface area contributed by atoms with Crippen molar-refractivity contribution in [1.82, 2.24) is 0 Å². The lowest BCUT2D eigenvalue weighted by Gasteiger charge is -2.17. The van der Waals surface area contributed by atoms with E-state index in [0.717, 1.165) is 5.56 Å². The highest BCUT2D eigenvalue weighted by Gasteiger charge is 2.17. The Morgan fingerprint density at radius 1 is 1.31 bits per heavy atom. The molecule has 1 atom stereocenters. The van der Waals surface area contributed by atoms with Crippen molar-refractivity contribution in [3.05, 3.63) is 22.7 Å². The van der Waals surface area contributed by atoms with Gasteiger partial charge in [-0.15, -0.1) is 0 Å². The Labute approximate surface area is 100 Å². The van der Waals surface area contributed by atoms with Gasteiger partial charge in [0.05, 0.1) is 20.8 Å². The second-order valence-electron chi connectivity index (χ2n) is 3.46. The predicted molar refractivity (Wildman–Crippen MR) is 63.1 cm³/mol. The van der Waals surface area contributed by atoms with Crippen molar-refractivity contribution in [2.75, 3.05) is 20.8 Å². The summed E-state index contributed by atoms with van der Waals surface area (Å²) in [6, 6.07) is 3.53. The molecule has 0 fully saturated rings. The van der Waals surface area contributed by atoms with Gasteiger partial charge in [0.1, 0.15) is 0 Å². The quantitative estimate of drug-likeness (QED) is 0.809. The lowest BCUT2D eigenvalue weighted by molar-refractivity contribution is 0.126. The Bertz CT molecular complexity index is 357. The van der Waals surface area contributed by atoms with E-state index < -0.39 is 0 Å². The van der Waals surface area contributed by atoms with Crippen LogP contribution in [0.1, 0.15) is 18.4 Å². The number of hydrogen-bond acceptors (Lipinski definition) is 4. The molecule has 16 heavy (non-hydrogen) atoms. The monoisotopic (exact) mass is 245 g/mol. The Morgan fingerprint density at radius 3 is 2.50 bits per heavy atom. The molecule has 1 rings (SSSR count). The molecule has 0 amide bonds. The molecule has 90 valence electrons. The molecule has 0 spiro atoms. The van der Waals surface area contributed by atoms with Crippen molar-refractivity contribution < 1.29 is 14.3 Å². The smallest absolute Gasteiger partial charge is 0.164 e. The Balaban J connectivity index is 3.19. The first-order chi connectivity index (χ1) is 7.63. The topological polar surface area (TPSA) is 53.7 Å². The fourth-order valence-electron chi connectivity index (χ4n) is 1.56. The van der Waals surface area contributed by atoms with E-state index in [4.69, 9.17) is 27.0 Å². The zero-order valence-electron chi connectivity index (χ0n) is 9.62. The first-order valence-electron chi connectivity index (χ1n) is 4.87. The molecule has 0 radical (unpaired) electrons. The number of benzene rings is 1. The Hall–Kier alpha value is -0.970. The van der Waals surface area contributed by atoms with Gasteiger partial charge in [-0.3, -0.25) is 0 Å². The Kier molecular flexibility index (Phi) is 4.86. The molecule has 1 aromatic rings. The van der Waals surface area contributed by atoms with Crippen LogP contribution in [0.4, 0.5) is 0 Å². The highest BCUT2D eigenvalue weighted by Crippen LogP contribution is 2.38. The highest BCUT2D eigenvalue weighted by atomic mass is 35.5. The summed E-state index contributed by atoms with van der Waals surface area (Å²) >= 11 is 5.99. The van der Waals surface area contributed by atoms with Crippen LogP contribution < -0.4 is 15.4 Å². The summed E-state index contributed by atoms with van der Waals surface area (Å²) in [5, 5.41) is 0.594. The number of methoxy groups -OCH3 is 2. The zero-order valence-corrected chi connectivity index (χ0v) is 10.4. The summed E-state index contributed by atoms with van der Waals surface area (Å²) in [5.41, 5.74) is 0.914. The summed E-state index contributed by atoms with van der Waals surface area (Å²) in [4.78, 5) is 4.63. The SMILES string of the molecule is COc1cc(Cl)cc(C(C)CON)c1OC. The molecule has 1 unspecified atom stereocenters. The minimum absolute atomic E-state index is 0.0764. The summed E-state index contributed by atoms with van der Waals surface area (Å²) in [7, 11) is 3.16. The Morgan fingerprint density at radius 2 is 2.00 bits per heavy atom. The van der Waals surface area contributed by atoms with Crippen LogP contribution in [0.3, 0.4) is 0 Å².